The number of anilines is 2. The molecule has 0 radical (unpaired) electrons. The molecule has 2 fully saturated rings. The van der Waals surface area contributed by atoms with Crippen LogP contribution < -0.4 is 11.5 Å². The number of phosphoric acid groups is 4. The summed E-state index contributed by atoms with van der Waals surface area (Å²) in [6, 6.07) is 1.46. The van der Waals surface area contributed by atoms with E-state index in [9.17, 15) is 58.3 Å². The zero-order valence-corrected chi connectivity index (χ0v) is 29.6. The molecule has 0 spiro atoms. The Morgan fingerprint density at radius 1 is 0.642 bits per heavy atom. The van der Waals surface area contributed by atoms with Crippen molar-refractivity contribution in [2.75, 3.05) is 24.7 Å². The highest BCUT2D eigenvalue weighted by molar-refractivity contribution is 7.69. The maximum absolute atomic E-state index is 12.4. The molecule has 12 atom stereocenters. The SMILES string of the molecule is Nc1ccnc2c1ncn2C1OC(COP(=O)(O)OP(=O)(O)OP(=O)(O)OP(=O)(O)OCC2OC(n3cnc4c(N)ncnc43)C(O)C2O)C(O)C1O. The van der Waals surface area contributed by atoms with E-state index in [0.717, 1.165) is 17.2 Å². The van der Waals surface area contributed by atoms with Gasteiger partial charge in [0.15, 0.2) is 29.6 Å². The number of aromatic nitrogens is 7. The van der Waals surface area contributed by atoms with Gasteiger partial charge in [-0.3, -0.25) is 18.2 Å². The molecule has 2 saturated heterocycles. The lowest BCUT2D eigenvalue weighted by molar-refractivity contribution is -0.0505. The number of fused-ring (bicyclic) bond motifs is 2. The molecular formula is C21H29N9O19P4. The Bertz CT molecular complexity index is 2040. The minimum Gasteiger partial charge on any atom is -0.397 e. The highest BCUT2D eigenvalue weighted by Crippen LogP contribution is 2.71. The van der Waals surface area contributed by atoms with Crippen molar-refractivity contribution < 1.29 is 89.7 Å². The first-order chi connectivity index (χ1) is 24.7. The number of rotatable bonds is 14. The average Bonchev–Trinajstić information content (AvgIpc) is 3.80. The molecule has 12 unspecified atom stereocenters. The Kier molecular flexibility index (Phi) is 11.0. The van der Waals surface area contributed by atoms with E-state index in [1.54, 1.807) is 0 Å². The number of nitrogens with zero attached hydrogens (tertiary/aromatic N) is 7. The smallest absolute Gasteiger partial charge is 0.397 e. The van der Waals surface area contributed by atoms with Gasteiger partial charge in [0.05, 0.1) is 31.6 Å². The fraction of sp³-hybridized carbons (Fsp3) is 0.476. The molecule has 12 N–H and O–H groups in total. The summed E-state index contributed by atoms with van der Waals surface area (Å²) in [7, 11) is -23.9. The summed E-state index contributed by atoms with van der Waals surface area (Å²) in [5.74, 6) is -0.0127. The lowest BCUT2D eigenvalue weighted by Gasteiger charge is -2.21. The van der Waals surface area contributed by atoms with Crippen LogP contribution in [0.4, 0.5) is 11.5 Å². The Labute approximate surface area is 293 Å². The van der Waals surface area contributed by atoms with Crippen LogP contribution in [-0.4, -0.2) is 124 Å². The Morgan fingerprint density at radius 3 is 1.60 bits per heavy atom. The highest BCUT2D eigenvalue weighted by atomic mass is 31.3. The van der Waals surface area contributed by atoms with Crippen LogP contribution in [0.5, 0.6) is 0 Å². The highest BCUT2D eigenvalue weighted by Gasteiger charge is 2.50. The van der Waals surface area contributed by atoms with Crippen LogP contribution >= 0.6 is 31.3 Å². The summed E-state index contributed by atoms with van der Waals surface area (Å²) in [4.78, 5) is 59.5. The molecule has 28 nitrogen and oxygen atoms in total. The molecule has 0 saturated carbocycles. The van der Waals surface area contributed by atoms with Crippen molar-refractivity contribution in [1.29, 1.82) is 0 Å². The van der Waals surface area contributed by atoms with Crippen LogP contribution in [0, 0.1) is 0 Å². The second-order valence-corrected chi connectivity index (χ2v) is 17.3. The van der Waals surface area contributed by atoms with Gasteiger partial charge in [0.1, 0.15) is 54.0 Å². The largest absolute Gasteiger partial charge is 0.490 e. The number of pyridine rings is 1. The first kappa shape index (κ1) is 39.8. The molecule has 4 aromatic heterocycles. The number of nitrogen functional groups attached to an aromatic ring is 2. The number of nitrogens with two attached hydrogens (primary N) is 2. The minimum absolute atomic E-state index is 0.0127. The van der Waals surface area contributed by atoms with E-state index in [0.29, 0.717) is 0 Å². The summed E-state index contributed by atoms with van der Waals surface area (Å²) < 4.78 is 83.6. The number of aliphatic hydroxyl groups is 4. The van der Waals surface area contributed by atoms with Crippen LogP contribution in [0.1, 0.15) is 12.5 Å². The van der Waals surface area contributed by atoms with Gasteiger partial charge in [-0.15, -0.1) is 0 Å². The van der Waals surface area contributed by atoms with Crippen LogP contribution in [0.3, 0.4) is 0 Å². The number of phosphoric ester groups is 2. The lowest BCUT2D eigenvalue weighted by atomic mass is 10.1. The zero-order valence-electron chi connectivity index (χ0n) is 26.1. The van der Waals surface area contributed by atoms with Gasteiger partial charge >= 0.3 is 31.3 Å². The number of ether oxygens (including phenoxy) is 2. The second kappa shape index (κ2) is 14.6. The van der Waals surface area contributed by atoms with E-state index in [1.165, 1.54) is 23.2 Å². The number of aliphatic hydroxyl groups excluding tert-OH is 4. The predicted octanol–water partition coefficient (Wildman–Crippen LogP) is -1.84. The molecule has 0 bridgehead atoms. The quantitative estimate of drug-likeness (QED) is 0.0624. The summed E-state index contributed by atoms with van der Waals surface area (Å²) in [5.41, 5.74) is 12.4. The van der Waals surface area contributed by atoms with E-state index in [1.807, 2.05) is 0 Å². The number of imidazole rings is 2. The topological polar surface area (TPSA) is 421 Å². The molecule has 32 heteroatoms. The Balaban J connectivity index is 1.01. The molecule has 0 amide bonds. The van der Waals surface area contributed by atoms with Gasteiger partial charge in [0, 0.05) is 6.20 Å². The summed E-state index contributed by atoms with van der Waals surface area (Å²) in [5, 5.41) is 41.8. The van der Waals surface area contributed by atoms with E-state index >= 15 is 0 Å². The number of hydrogen-bond donors (Lipinski definition) is 10. The summed E-state index contributed by atoms with van der Waals surface area (Å²) in [6.45, 7) is -2.20. The first-order valence-corrected chi connectivity index (χ1v) is 20.4. The van der Waals surface area contributed by atoms with Crippen molar-refractivity contribution in [2.24, 2.45) is 0 Å². The first-order valence-electron chi connectivity index (χ1n) is 14.4. The van der Waals surface area contributed by atoms with Crippen molar-refractivity contribution in [3.05, 3.63) is 31.2 Å². The van der Waals surface area contributed by atoms with Crippen LogP contribution in [0.2, 0.25) is 0 Å². The molecule has 53 heavy (non-hydrogen) atoms. The van der Waals surface area contributed by atoms with Gasteiger partial charge in [-0.05, 0) is 6.07 Å². The van der Waals surface area contributed by atoms with Crippen molar-refractivity contribution in [2.45, 2.75) is 49.1 Å². The molecule has 2 aliphatic rings. The summed E-state index contributed by atoms with van der Waals surface area (Å²) in [6.07, 6.45) is -8.20. The van der Waals surface area contributed by atoms with Crippen molar-refractivity contribution in [3.8, 4) is 0 Å². The van der Waals surface area contributed by atoms with Gasteiger partial charge in [-0.2, -0.15) is 12.9 Å². The average molecular weight is 835 g/mol. The van der Waals surface area contributed by atoms with E-state index < -0.39 is 93.6 Å². The van der Waals surface area contributed by atoms with Crippen molar-refractivity contribution in [1.82, 2.24) is 34.1 Å². The fourth-order valence-electron chi connectivity index (χ4n) is 5.19. The maximum Gasteiger partial charge on any atom is 0.490 e. The molecule has 2 aliphatic heterocycles. The molecule has 4 aromatic rings. The molecule has 6 rings (SSSR count). The second-order valence-electron chi connectivity index (χ2n) is 11.1. The van der Waals surface area contributed by atoms with Gasteiger partial charge in [0.25, 0.3) is 0 Å². The standard InChI is InChI=1S/C21H29N9O19P4/c22-8-1-2-24-18-11(8)27-6-29(18)20-15(33)13(31)9(45-20)3-43-50(35,36)47-52(39,40)49-53(41,42)48-51(37,38)44-4-10-14(32)16(34)21(46-10)30-7-28-12-17(23)25-5-26-19(12)30/h1-2,5-7,9-10,13-16,20-21,31-34H,3-4H2,(H2,22,24)(H,35,36)(H,37,38)(H,39,40)(H,41,42)(H2,23,25,26). The van der Waals surface area contributed by atoms with Crippen molar-refractivity contribution >= 4 is 65.1 Å². The Hall–Kier alpha value is -2.91. The van der Waals surface area contributed by atoms with Gasteiger partial charge in [-0.25, -0.2) is 43.2 Å². The fourth-order valence-corrected chi connectivity index (χ4v) is 10.1. The van der Waals surface area contributed by atoms with E-state index in [4.69, 9.17) is 20.9 Å². The number of hydrogen-bond acceptors (Lipinski definition) is 22. The molecule has 0 aromatic carbocycles. The lowest BCUT2D eigenvalue weighted by Crippen LogP contribution is -2.33. The molecular weight excluding hydrogens is 806 g/mol. The predicted molar refractivity (Wildman–Crippen MR) is 168 cm³/mol. The normalized spacial score (nSPS) is 30.9. The third kappa shape index (κ3) is 8.51. The van der Waals surface area contributed by atoms with Crippen LogP contribution in [0.15, 0.2) is 31.2 Å². The maximum atomic E-state index is 12.4. The summed E-state index contributed by atoms with van der Waals surface area (Å²) >= 11 is 0. The van der Waals surface area contributed by atoms with Gasteiger partial charge in [-0.1, -0.05) is 0 Å². The third-order valence-corrected chi connectivity index (χ3v) is 13.4. The molecule has 292 valence electrons. The molecule has 0 aliphatic carbocycles. The van der Waals surface area contributed by atoms with Gasteiger partial charge in [0.2, 0.25) is 0 Å². The Morgan fingerprint density at radius 2 is 1.09 bits per heavy atom. The van der Waals surface area contributed by atoms with Gasteiger partial charge < -0.3 is 60.9 Å². The zero-order chi connectivity index (χ0) is 38.7. The monoisotopic (exact) mass is 835 g/mol. The van der Waals surface area contributed by atoms with Crippen molar-refractivity contribution in [3.63, 3.8) is 0 Å². The van der Waals surface area contributed by atoms with Crippen LogP contribution in [-0.2, 0) is 49.7 Å². The van der Waals surface area contributed by atoms with E-state index in [-0.39, 0.29) is 33.8 Å². The van der Waals surface area contributed by atoms with Crippen LogP contribution in [0.25, 0.3) is 22.3 Å². The van der Waals surface area contributed by atoms with E-state index in [2.05, 4.69) is 46.9 Å². The molecule has 6 heterocycles. The minimum atomic E-state index is -6.19. The third-order valence-electron chi connectivity index (χ3n) is 7.52.